The molecule has 0 spiro atoms. The van der Waals surface area contributed by atoms with Crippen molar-refractivity contribution in [2.24, 2.45) is 0 Å². The molecule has 1 aromatic heterocycles. The van der Waals surface area contributed by atoms with E-state index < -0.39 is 0 Å². The van der Waals surface area contributed by atoms with E-state index in [2.05, 4.69) is 24.1 Å². The van der Waals surface area contributed by atoms with E-state index in [-0.39, 0.29) is 5.54 Å². The van der Waals surface area contributed by atoms with Crippen molar-refractivity contribution in [1.82, 2.24) is 10.3 Å². The molecule has 0 atom stereocenters. The van der Waals surface area contributed by atoms with Crippen LogP contribution in [0.15, 0.2) is 18.2 Å². The van der Waals surface area contributed by atoms with Crippen LogP contribution in [0.2, 0.25) is 0 Å². The Morgan fingerprint density at radius 3 is 2.94 bits per heavy atom. The van der Waals surface area contributed by atoms with Crippen LogP contribution in [0.4, 0.5) is 0 Å². The maximum atomic E-state index is 9.49. The van der Waals surface area contributed by atoms with Gasteiger partial charge >= 0.3 is 0 Å². The average molecular weight is 216 g/mol. The van der Waals surface area contributed by atoms with Crippen LogP contribution < -0.4 is 5.32 Å². The second-order valence-electron chi connectivity index (χ2n) is 5.01. The van der Waals surface area contributed by atoms with E-state index in [4.69, 9.17) is 0 Å². The van der Waals surface area contributed by atoms with Crippen molar-refractivity contribution in [2.75, 3.05) is 6.54 Å². The summed E-state index contributed by atoms with van der Waals surface area (Å²) in [7, 11) is 0. The fourth-order valence-electron chi connectivity index (χ4n) is 2.63. The number of H-pyrrole nitrogens is 1. The van der Waals surface area contributed by atoms with Crippen molar-refractivity contribution < 1.29 is 5.11 Å². The lowest BCUT2D eigenvalue weighted by atomic mass is 9.90. The van der Waals surface area contributed by atoms with Gasteiger partial charge in [-0.05, 0) is 38.0 Å². The SMILES string of the molecule is CC1(C)NCCc2c1[nH]c1cc(O)ccc21. The fraction of sp³-hybridized carbons (Fsp3) is 0.385. The van der Waals surface area contributed by atoms with Gasteiger partial charge in [0.15, 0.2) is 0 Å². The van der Waals surface area contributed by atoms with E-state index in [1.54, 1.807) is 12.1 Å². The van der Waals surface area contributed by atoms with Crippen LogP contribution in [-0.2, 0) is 12.0 Å². The average Bonchev–Trinajstić information content (AvgIpc) is 2.57. The number of aromatic hydroxyl groups is 1. The Morgan fingerprint density at radius 1 is 1.31 bits per heavy atom. The maximum Gasteiger partial charge on any atom is 0.117 e. The number of benzene rings is 1. The van der Waals surface area contributed by atoms with Gasteiger partial charge in [0.1, 0.15) is 5.75 Å². The third kappa shape index (κ3) is 1.25. The van der Waals surface area contributed by atoms with Crippen LogP contribution in [0.25, 0.3) is 10.9 Å². The Kier molecular flexibility index (Phi) is 1.83. The van der Waals surface area contributed by atoms with Crippen molar-refractivity contribution in [3.8, 4) is 5.75 Å². The number of nitrogens with one attached hydrogen (secondary N) is 2. The minimum Gasteiger partial charge on any atom is -0.508 e. The summed E-state index contributed by atoms with van der Waals surface area (Å²) in [6.45, 7) is 5.37. The molecule has 2 aromatic rings. The molecule has 84 valence electrons. The lowest BCUT2D eigenvalue weighted by molar-refractivity contribution is 0.374. The Hall–Kier alpha value is -1.48. The first-order valence-electron chi connectivity index (χ1n) is 5.67. The molecule has 0 unspecified atom stereocenters. The summed E-state index contributed by atoms with van der Waals surface area (Å²) in [5.41, 5.74) is 3.65. The number of hydrogen-bond donors (Lipinski definition) is 3. The summed E-state index contributed by atoms with van der Waals surface area (Å²) in [6.07, 6.45) is 1.05. The zero-order valence-corrected chi connectivity index (χ0v) is 9.59. The molecule has 0 radical (unpaired) electrons. The van der Waals surface area contributed by atoms with Gasteiger partial charge in [-0.15, -0.1) is 0 Å². The second-order valence-corrected chi connectivity index (χ2v) is 5.01. The predicted molar refractivity (Wildman–Crippen MR) is 64.7 cm³/mol. The standard InChI is InChI=1S/C13H16N2O/c1-13(2)12-10(5-6-14-13)9-4-3-8(16)7-11(9)15-12/h3-4,7,14-16H,5-6H2,1-2H3. The summed E-state index contributed by atoms with van der Waals surface area (Å²) in [5, 5.41) is 14.2. The van der Waals surface area contributed by atoms with E-state index in [0.717, 1.165) is 18.5 Å². The zero-order valence-electron chi connectivity index (χ0n) is 9.59. The van der Waals surface area contributed by atoms with Gasteiger partial charge in [-0.1, -0.05) is 0 Å². The quantitative estimate of drug-likeness (QED) is 0.632. The molecule has 0 bridgehead atoms. The van der Waals surface area contributed by atoms with E-state index in [1.165, 1.54) is 16.6 Å². The van der Waals surface area contributed by atoms with Crippen LogP contribution in [-0.4, -0.2) is 16.6 Å². The second kappa shape index (κ2) is 3.01. The maximum absolute atomic E-state index is 9.49. The Balaban J connectivity index is 2.32. The molecule has 3 rings (SSSR count). The van der Waals surface area contributed by atoms with Crippen LogP contribution in [0, 0.1) is 0 Å². The van der Waals surface area contributed by atoms with Gasteiger partial charge in [0.2, 0.25) is 0 Å². The molecule has 0 amide bonds. The highest BCUT2D eigenvalue weighted by Crippen LogP contribution is 2.34. The molecule has 2 heterocycles. The van der Waals surface area contributed by atoms with Crippen LogP contribution in [0.1, 0.15) is 25.1 Å². The molecule has 16 heavy (non-hydrogen) atoms. The molecule has 1 aliphatic rings. The zero-order chi connectivity index (χ0) is 11.3. The fourth-order valence-corrected chi connectivity index (χ4v) is 2.63. The molecule has 1 aromatic carbocycles. The number of phenols is 1. The van der Waals surface area contributed by atoms with E-state index in [1.807, 2.05) is 6.07 Å². The monoisotopic (exact) mass is 216 g/mol. The van der Waals surface area contributed by atoms with E-state index >= 15 is 0 Å². The highest BCUT2D eigenvalue weighted by molar-refractivity contribution is 5.86. The Morgan fingerprint density at radius 2 is 2.12 bits per heavy atom. The smallest absolute Gasteiger partial charge is 0.117 e. The molecule has 3 nitrogen and oxygen atoms in total. The third-order valence-corrected chi connectivity index (χ3v) is 3.46. The molecule has 1 aliphatic heterocycles. The lowest BCUT2D eigenvalue weighted by Crippen LogP contribution is -2.42. The predicted octanol–water partition coefficient (Wildman–Crippen LogP) is 2.25. The highest BCUT2D eigenvalue weighted by atomic mass is 16.3. The minimum absolute atomic E-state index is 0.0117. The highest BCUT2D eigenvalue weighted by Gasteiger charge is 2.29. The van der Waals surface area contributed by atoms with Gasteiger partial charge in [0, 0.05) is 29.2 Å². The minimum atomic E-state index is -0.0117. The number of aromatic nitrogens is 1. The first-order valence-corrected chi connectivity index (χ1v) is 5.67. The molecule has 3 heteroatoms. The van der Waals surface area contributed by atoms with Gasteiger partial charge in [-0.3, -0.25) is 0 Å². The molecular weight excluding hydrogens is 200 g/mol. The lowest BCUT2D eigenvalue weighted by Gasteiger charge is -2.31. The van der Waals surface area contributed by atoms with E-state index in [0.29, 0.717) is 5.75 Å². The Labute approximate surface area is 94.5 Å². The first-order chi connectivity index (χ1) is 7.58. The normalized spacial score (nSPS) is 18.6. The molecule has 0 saturated heterocycles. The first kappa shape index (κ1) is 9.73. The van der Waals surface area contributed by atoms with Crippen molar-refractivity contribution >= 4 is 10.9 Å². The van der Waals surface area contributed by atoms with Crippen LogP contribution in [0.5, 0.6) is 5.75 Å². The summed E-state index contributed by atoms with van der Waals surface area (Å²) >= 11 is 0. The van der Waals surface area contributed by atoms with Crippen molar-refractivity contribution in [2.45, 2.75) is 25.8 Å². The number of aromatic amines is 1. The van der Waals surface area contributed by atoms with Crippen LogP contribution >= 0.6 is 0 Å². The molecule has 3 N–H and O–H groups in total. The largest absolute Gasteiger partial charge is 0.508 e. The molecule has 0 fully saturated rings. The number of rotatable bonds is 0. The van der Waals surface area contributed by atoms with Gasteiger partial charge in [-0.2, -0.15) is 0 Å². The van der Waals surface area contributed by atoms with Crippen molar-refractivity contribution in [3.63, 3.8) is 0 Å². The number of fused-ring (bicyclic) bond motifs is 3. The third-order valence-electron chi connectivity index (χ3n) is 3.46. The van der Waals surface area contributed by atoms with Crippen molar-refractivity contribution in [1.29, 1.82) is 0 Å². The topological polar surface area (TPSA) is 48.0 Å². The summed E-state index contributed by atoms with van der Waals surface area (Å²) in [4.78, 5) is 3.42. The van der Waals surface area contributed by atoms with Gasteiger partial charge in [0.05, 0.1) is 5.54 Å². The van der Waals surface area contributed by atoms with E-state index in [9.17, 15) is 5.11 Å². The number of hydrogen-bond acceptors (Lipinski definition) is 2. The van der Waals surface area contributed by atoms with Gasteiger partial charge in [-0.25, -0.2) is 0 Å². The summed E-state index contributed by atoms with van der Waals surface area (Å²) in [5.74, 6) is 0.317. The molecular formula is C13H16N2O. The molecule has 0 saturated carbocycles. The molecule has 0 aliphatic carbocycles. The summed E-state index contributed by atoms with van der Waals surface area (Å²) in [6, 6.07) is 5.55. The Bertz CT molecular complexity index is 554. The number of phenolic OH excluding ortho intramolecular Hbond substituents is 1. The van der Waals surface area contributed by atoms with Gasteiger partial charge in [0.25, 0.3) is 0 Å². The van der Waals surface area contributed by atoms with Crippen molar-refractivity contribution in [3.05, 3.63) is 29.5 Å². The van der Waals surface area contributed by atoms with Crippen LogP contribution in [0.3, 0.4) is 0 Å². The summed E-state index contributed by atoms with van der Waals surface area (Å²) < 4.78 is 0. The van der Waals surface area contributed by atoms with Gasteiger partial charge < -0.3 is 15.4 Å².